The highest BCUT2D eigenvalue weighted by atomic mass is 35.5. The van der Waals surface area contributed by atoms with Gasteiger partial charge in [-0.2, -0.15) is 11.8 Å². The Morgan fingerprint density at radius 3 is 2.58 bits per heavy atom. The molecule has 4 heteroatoms. The SMILES string of the molecule is Fc1cc(Cl)ccc1CSCCN1CCCCCC1. The van der Waals surface area contributed by atoms with Crippen molar-refractivity contribution in [1.82, 2.24) is 4.90 Å². The van der Waals surface area contributed by atoms with Gasteiger partial charge in [0.25, 0.3) is 0 Å². The molecule has 0 N–H and O–H groups in total. The van der Waals surface area contributed by atoms with Crippen molar-refractivity contribution >= 4 is 23.4 Å². The second-order valence-corrected chi connectivity index (χ2v) is 6.59. The fraction of sp³-hybridized carbons (Fsp3) is 0.600. The number of rotatable bonds is 5. The standard InChI is InChI=1S/C15H21ClFNS/c16-14-6-5-13(15(17)11-14)12-19-10-9-18-7-3-1-2-4-8-18/h5-6,11H,1-4,7-10,12H2. The van der Waals surface area contributed by atoms with Crippen LogP contribution in [-0.2, 0) is 5.75 Å². The lowest BCUT2D eigenvalue weighted by Gasteiger charge is -2.19. The maximum atomic E-state index is 13.6. The first kappa shape index (κ1) is 15.1. The quantitative estimate of drug-likeness (QED) is 0.732. The van der Waals surface area contributed by atoms with Crippen LogP contribution in [0.2, 0.25) is 5.02 Å². The van der Waals surface area contributed by atoms with Crippen LogP contribution in [0.4, 0.5) is 4.39 Å². The summed E-state index contributed by atoms with van der Waals surface area (Å²) in [6.07, 6.45) is 5.41. The molecule has 1 aliphatic rings. The van der Waals surface area contributed by atoms with Gasteiger partial charge >= 0.3 is 0 Å². The number of likely N-dealkylation sites (tertiary alicyclic amines) is 1. The number of benzene rings is 1. The highest BCUT2D eigenvalue weighted by Gasteiger charge is 2.08. The molecule has 1 aliphatic heterocycles. The van der Waals surface area contributed by atoms with Gasteiger partial charge < -0.3 is 4.90 Å². The average Bonchev–Trinajstić information content (AvgIpc) is 2.65. The predicted octanol–water partition coefficient (Wildman–Crippen LogP) is 4.59. The third-order valence-electron chi connectivity index (χ3n) is 3.52. The molecule has 1 nitrogen and oxygen atoms in total. The van der Waals surface area contributed by atoms with E-state index in [9.17, 15) is 4.39 Å². The second kappa shape index (κ2) is 8.13. The second-order valence-electron chi connectivity index (χ2n) is 5.04. The molecule has 2 rings (SSSR count). The highest BCUT2D eigenvalue weighted by Crippen LogP contribution is 2.19. The predicted molar refractivity (Wildman–Crippen MR) is 82.5 cm³/mol. The summed E-state index contributed by atoms with van der Waals surface area (Å²) in [5, 5.41) is 0.468. The van der Waals surface area contributed by atoms with Crippen LogP contribution in [-0.4, -0.2) is 30.3 Å². The van der Waals surface area contributed by atoms with Crippen molar-refractivity contribution in [2.45, 2.75) is 31.4 Å². The summed E-state index contributed by atoms with van der Waals surface area (Å²) in [6, 6.07) is 4.94. The molecule has 1 fully saturated rings. The van der Waals surface area contributed by atoms with Gasteiger partial charge in [-0.3, -0.25) is 0 Å². The molecule has 0 bridgehead atoms. The van der Waals surface area contributed by atoms with E-state index in [0.29, 0.717) is 5.02 Å². The summed E-state index contributed by atoms with van der Waals surface area (Å²) >= 11 is 7.54. The molecule has 1 saturated heterocycles. The highest BCUT2D eigenvalue weighted by molar-refractivity contribution is 7.98. The summed E-state index contributed by atoms with van der Waals surface area (Å²) in [7, 11) is 0. The summed E-state index contributed by atoms with van der Waals surface area (Å²) in [6.45, 7) is 3.59. The molecule has 0 saturated carbocycles. The molecule has 1 aromatic rings. The monoisotopic (exact) mass is 301 g/mol. The molecule has 0 aromatic heterocycles. The maximum absolute atomic E-state index is 13.6. The van der Waals surface area contributed by atoms with Crippen LogP contribution in [0.3, 0.4) is 0 Å². The molecule has 0 aliphatic carbocycles. The van der Waals surface area contributed by atoms with Crippen molar-refractivity contribution in [1.29, 1.82) is 0 Å². The van der Waals surface area contributed by atoms with Gasteiger partial charge in [0.05, 0.1) is 0 Å². The molecule has 1 heterocycles. The van der Waals surface area contributed by atoms with E-state index in [1.807, 2.05) is 0 Å². The summed E-state index contributed by atoms with van der Waals surface area (Å²) < 4.78 is 13.6. The van der Waals surface area contributed by atoms with Gasteiger partial charge in [-0.25, -0.2) is 4.39 Å². The van der Waals surface area contributed by atoms with Crippen LogP contribution < -0.4 is 0 Å². The zero-order valence-corrected chi connectivity index (χ0v) is 12.8. The molecular formula is C15H21ClFNS. The zero-order valence-electron chi connectivity index (χ0n) is 11.2. The molecule has 0 radical (unpaired) electrons. The third-order valence-corrected chi connectivity index (χ3v) is 4.74. The van der Waals surface area contributed by atoms with Crippen molar-refractivity contribution in [3.8, 4) is 0 Å². The van der Waals surface area contributed by atoms with Crippen molar-refractivity contribution in [2.24, 2.45) is 0 Å². The Morgan fingerprint density at radius 1 is 1.16 bits per heavy atom. The molecule has 0 spiro atoms. The summed E-state index contributed by atoms with van der Waals surface area (Å²) in [4.78, 5) is 2.54. The van der Waals surface area contributed by atoms with Crippen molar-refractivity contribution in [2.75, 3.05) is 25.4 Å². The molecular weight excluding hydrogens is 281 g/mol. The van der Waals surface area contributed by atoms with Gasteiger partial charge in [-0.1, -0.05) is 30.5 Å². The minimum absolute atomic E-state index is 0.185. The van der Waals surface area contributed by atoms with E-state index >= 15 is 0 Å². The fourth-order valence-corrected chi connectivity index (χ4v) is 3.52. The van der Waals surface area contributed by atoms with Crippen LogP contribution in [0.25, 0.3) is 0 Å². The van der Waals surface area contributed by atoms with Crippen LogP contribution in [0.1, 0.15) is 31.2 Å². The first-order valence-electron chi connectivity index (χ1n) is 7.00. The average molecular weight is 302 g/mol. The first-order chi connectivity index (χ1) is 9.25. The number of nitrogens with zero attached hydrogens (tertiary/aromatic N) is 1. The molecule has 0 atom stereocenters. The normalized spacial score (nSPS) is 17.4. The van der Waals surface area contributed by atoms with E-state index in [2.05, 4.69) is 4.90 Å². The summed E-state index contributed by atoms with van der Waals surface area (Å²) in [5.41, 5.74) is 0.755. The van der Waals surface area contributed by atoms with E-state index in [-0.39, 0.29) is 5.82 Å². The zero-order chi connectivity index (χ0) is 13.5. The van der Waals surface area contributed by atoms with E-state index in [0.717, 1.165) is 23.6 Å². The largest absolute Gasteiger partial charge is 0.303 e. The number of hydrogen-bond acceptors (Lipinski definition) is 2. The molecule has 19 heavy (non-hydrogen) atoms. The minimum Gasteiger partial charge on any atom is -0.303 e. The molecule has 0 unspecified atom stereocenters. The van der Waals surface area contributed by atoms with Gasteiger partial charge in [0.15, 0.2) is 0 Å². The van der Waals surface area contributed by atoms with Crippen molar-refractivity contribution < 1.29 is 4.39 Å². The Hall–Kier alpha value is -0.250. The molecule has 106 valence electrons. The van der Waals surface area contributed by atoms with E-state index in [4.69, 9.17) is 11.6 Å². The molecule has 0 amide bonds. The van der Waals surface area contributed by atoms with Gasteiger partial charge in [-0.15, -0.1) is 0 Å². The maximum Gasteiger partial charge on any atom is 0.128 e. The van der Waals surface area contributed by atoms with Crippen LogP contribution in [0.5, 0.6) is 0 Å². The van der Waals surface area contributed by atoms with Crippen LogP contribution >= 0.6 is 23.4 Å². The smallest absolute Gasteiger partial charge is 0.128 e. The lowest BCUT2D eigenvalue weighted by Crippen LogP contribution is -2.27. The molecule has 1 aromatic carbocycles. The van der Waals surface area contributed by atoms with Gasteiger partial charge in [0.1, 0.15) is 5.82 Å². The van der Waals surface area contributed by atoms with Gasteiger partial charge in [0.2, 0.25) is 0 Å². The minimum atomic E-state index is -0.185. The Morgan fingerprint density at radius 2 is 1.89 bits per heavy atom. The van der Waals surface area contributed by atoms with Crippen molar-refractivity contribution in [3.63, 3.8) is 0 Å². The lowest BCUT2D eigenvalue weighted by molar-refractivity contribution is 0.303. The number of halogens is 2. The Balaban J connectivity index is 1.68. The van der Waals surface area contributed by atoms with Gasteiger partial charge in [0, 0.05) is 23.1 Å². The Bertz CT molecular complexity index is 392. The van der Waals surface area contributed by atoms with Crippen LogP contribution in [0.15, 0.2) is 18.2 Å². The third kappa shape index (κ3) is 5.33. The number of thioether (sulfide) groups is 1. The Kier molecular flexibility index (Phi) is 6.48. The van der Waals surface area contributed by atoms with E-state index < -0.39 is 0 Å². The topological polar surface area (TPSA) is 3.24 Å². The van der Waals surface area contributed by atoms with E-state index in [1.165, 1.54) is 44.8 Å². The lowest BCUT2D eigenvalue weighted by atomic mass is 10.2. The van der Waals surface area contributed by atoms with E-state index in [1.54, 1.807) is 23.9 Å². The van der Waals surface area contributed by atoms with Gasteiger partial charge in [-0.05, 0) is 43.6 Å². The Labute approximate surface area is 124 Å². The first-order valence-corrected chi connectivity index (χ1v) is 8.53. The fourth-order valence-electron chi connectivity index (χ4n) is 2.37. The summed E-state index contributed by atoms with van der Waals surface area (Å²) in [5.74, 6) is 1.62. The van der Waals surface area contributed by atoms with Crippen LogP contribution in [0, 0.1) is 5.82 Å². The number of hydrogen-bond donors (Lipinski definition) is 0. The van der Waals surface area contributed by atoms with Crippen molar-refractivity contribution in [3.05, 3.63) is 34.6 Å².